The molecular weight excluding hydrogens is 373 g/mol. The molecule has 2 unspecified atom stereocenters. The van der Waals surface area contributed by atoms with Crippen LogP contribution in [0.5, 0.6) is 0 Å². The fraction of sp³-hybridized carbons (Fsp3) is 0.294. The van der Waals surface area contributed by atoms with Gasteiger partial charge in [-0.15, -0.1) is 0 Å². The lowest BCUT2D eigenvalue weighted by Crippen LogP contribution is -2.29. The maximum Gasteiger partial charge on any atom is 0.0351 e. The average molecular weight is 393 g/mol. The van der Waals surface area contributed by atoms with Gasteiger partial charge in [-0.1, -0.05) is 30.3 Å². The molecule has 1 heterocycles. The van der Waals surface area contributed by atoms with Gasteiger partial charge in [0, 0.05) is 40.9 Å². The molecule has 0 bridgehead atoms. The first-order valence-electron chi connectivity index (χ1n) is 7.20. The van der Waals surface area contributed by atoms with Crippen molar-refractivity contribution >= 4 is 28.3 Å². The van der Waals surface area contributed by atoms with Crippen LogP contribution in [0.1, 0.15) is 17.0 Å². The Kier molecular flexibility index (Phi) is 4.47. The first kappa shape index (κ1) is 14.8. The second-order valence-corrected chi connectivity index (χ2v) is 6.97. The zero-order valence-electron chi connectivity index (χ0n) is 11.9. The molecule has 2 aromatic carbocycles. The number of benzene rings is 2. The summed E-state index contributed by atoms with van der Waals surface area (Å²) in [6, 6.07) is 16.9. The SMILES string of the molecule is Nc1ccc(I)cc1C1CN(Cc2ccccc2)CC1N. The second-order valence-electron chi connectivity index (χ2n) is 5.72. The molecule has 1 aliphatic rings. The van der Waals surface area contributed by atoms with Gasteiger partial charge >= 0.3 is 0 Å². The Hall–Kier alpha value is -1.11. The summed E-state index contributed by atoms with van der Waals surface area (Å²) in [6.07, 6.45) is 0. The Bertz CT molecular complexity index is 615. The van der Waals surface area contributed by atoms with Crippen LogP contribution >= 0.6 is 22.6 Å². The largest absolute Gasteiger partial charge is 0.398 e. The van der Waals surface area contributed by atoms with Crippen molar-refractivity contribution in [3.63, 3.8) is 0 Å². The van der Waals surface area contributed by atoms with E-state index in [1.165, 1.54) is 14.7 Å². The standard InChI is InChI=1S/C17H20IN3/c18-13-6-7-16(19)14(8-13)15-10-21(11-17(15)20)9-12-4-2-1-3-5-12/h1-8,15,17H,9-11,19-20H2. The van der Waals surface area contributed by atoms with Gasteiger partial charge in [0.05, 0.1) is 0 Å². The van der Waals surface area contributed by atoms with E-state index in [9.17, 15) is 0 Å². The van der Waals surface area contributed by atoms with E-state index in [0.29, 0.717) is 5.92 Å². The van der Waals surface area contributed by atoms with Gasteiger partial charge < -0.3 is 11.5 Å². The van der Waals surface area contributed by atoms with Crippen LogP contribution in [0.4, 0.5) is 5.69 Å². The van der Waals surface area contributed by atoms with Crippen LogP contribution in [-0.4, -0.2) is 24.0 Å². The van der Waals surface area contributed by atoms with Crippen molar-refractivity contribution in [3.05, 3.63) is 63.2 Å². The minimum Gasteiger partial charge on any atom is -0.398 e. The number of halogens is 1. The molecule has 0 radical (unpaired) electrons. The number of nitrogens with zero attached hydrogens (tertiary/aromatic N) is 1. The van der Waals surface area contributed by atoms with E-state index in [4.69, 9.17) is 11.5 Å². The van der Waals surface area contributed by atoms with Crippen LogP contribution in [0, 0.1) is 3.57 Å². The van der Waals surface area contributed by atoms with Crippen LogP contribution in [0.2, 0.25) is 0 Å². The molecule has 1 fully saturated rings. The van der Waals surface area contributed by atoms with Crippen LogP contribution in [0.3, 0.4) is 0 Å². The molecule has 21 heavy (non-hydrogen) atoms. The van der Waals surface area contributed by atoms with E-state index in [-0.39, 0.29) is 6.04 Å². The summed E-state index contributed by atoms with van der Waals surface area (Å²) in [5.41, 5.74) is 15.9. The van der Waals surface area contributed by atoms with Gasteiger partial charge in [0.2, 0.25) is 0 Å². The topological polar surface area (TPSA) is 55.3 Å². The zero-order valence-corrected chi connectivity index (χ0v) is 14.0. The molecule has 2 atom stereocenters. The van der Waals surface area contributed by atoms with Crippen molar-refractivity contribution in [1.29, 1.82) is 0 Å². The second kappa shape index (κ2) is 6.34. The molecule has 1 saturated heterocycles. The maximum atomic E-state index is 6.37. The Morgan fingerprint density at radius 1 is 1.10 bits per heavy atom. The van der Waals surface area contributed by atoms with Crippen molar-refractivity contribution in [2.24, 2.45) is 5.73 Å². The minimum atomic E-state index is 0.147. The third kappa shape index (κ3) is 3.39. The van der Waals surface area contributed by atoms with Gasteiger partial charge in [-0.3, -0.25) is 4.90 Å². The summed E-state index contributed by atoms with van der Waals surface area (Å²) in [5.74, 6) is 0.323. The van der Waals surface area contributed by atoms with Gasteiger partial charge in [-0.05, 0) is 51.9 Å². The Morgan fingerprint density at radius 3 is 2.62 bits per heavy atom. The van der Waals surface area contributed by atoms with Gasteiger partial charge in [-0.2, -0.15) is 0 Å². The van der Waals surface area contributed by atoms with E-state index in [1.54, 1.807) is 0 Å². The average Bonchev–Trinajstić information content (AvgIpc) is 2.83. The molecule has 3 nitrogen and oxygen atoms in total. The molecule has 0 saturated carbocycles. The molecule has 1 aliphatic heterocycles. The summed E-state index contributed by atoms with van der Waals surface area (Å²) in [5, 5.41) is 0. The van der Waals surface area contributed by atoms with Gasteiger partial charge in [0.1, 0.15) is 0 Å². The maximum absolute atomic E-state index is 6.37. The third-order valence-corrected chi connectivity index (χ3v) is 4.81. The number of nitrogens with two attached hydrogens (primary N) is 2. The van der Waals surface area contributed by atoms with Crippen molar-refractivity contribution in [1.82, 2.24) is 4.90 Å². The molecule has 0 amide bonds. The third-order valence-electron chi connectivity index (χ3n) is 4.14. The number of rotatable bonds is 3. The monoisotopic (exact) mass is 393 g/mol. The van der Waals surface area contributed by atoms with E-state index in [0.717, 1.165) is 25.3 Å². The Morgan fingerprint density at radius 2 is 1.86 bits per heavy atom. The molecule has 4 heteroatoms. The number of anilines is 1. The lowest BCUT2D eigenvalue weighted by molar-refractivity contribution is 0.324. The normalized spacial score (nSPS) is 22.6. The molecule has 0 spiro atoms. The van der Waals surface area contributed by atoms with E-state index < -0.39 is 0 Å². The van der Waals surface area contributed by atoms with E-state index in [2.05, 4.69) is 63.9 Å². The minimum absolute atomic E-state index is 0.147. The predicted molar refractivity (Wildman–Crippen MR) is 96.0 cm³/mol. The molecule has 0 aromatic heterocycles. The number of hydrogen-bond acceptors (Lipinski definition) is 3. The summed E-state index contributed by atoms with van der Waals surface area (Å²) in [6.45, 7) is 2.85. The first-order chi connectivity index (χ1) is 10.1. The first-order valence-corrected chi connectivity index (χ1v) is 8.28. The van der Waals surface area contributed by atoms with Gasteiger partial charge in [0.15, 0.2) is 0 Å². The quantitative estimate of drug-likeness (QED) is 0.623. The highest BCUT2D eigenvalue weighted by Crippen LogP contribution is 2.32. The molecular formula is C17H20IN3. The lowest BCUT2D eigenvalue weighted by Gasteiger charge is -2.18. The van der Waals surface area contributed by atoms with Crippen LogP contribution in [-0.2, 0) is 6.54 Å². The van der Waals surface area contributed by atoms with Crippen molar-refractivity contribution in [2.45, 2.75) is 18.5 Å². The van der Waals surface area contributed by atoms with Crippen molar-refractivity contribution in [2.75, 3.05) is 18.8 Å². The Labute approximate surface area is 139 Å². The predicted octanol–water partition coefficient (Wildman–Crippen LogP) is 2.80. The number of hydrogen-bond donors (Lipinski definition) is 2. The fourth-order valence-electron chi connectivity index (χ4n) is 3.08. The van der Waals surface area contributed by atoms with Crippen molar-refractivity contribution < 1.29 is 0 Å². The molecule has 0 aliphatic carbocycles. The van der Waals surface area contributed by atoms with Crippen LogP contribution in [0.25, 0.3) is 0 Å². The molecule has 110 valence electrons. The highest BCUT2D eigenvalue weighted by Gasteiger charge is 2.32. The molecule has 2 aromatic rings. The van der Waals surface area contributed by atoms with Gasteiger partial charge in [-0.25, -0.2) is 0 Å². The fourth-order valence-corrected chi connectivity index (χ4v) is 3.60. The van der Waals surface area contributed by atoms with E-state index >= 15 is 0 Å². The highest BCUT2D eigenvalue weighted by atomic mass is 127. The smallest absolute Gasteiger partial charge is 0.0351 e. The van der Waals surface area contributed by atoms with E-state index in [1.807, 2.05) is 12.1 Å². The molecule has 3 rings (SSSR count). The number of nitrogen functional groups attached to an aromatic ring is 1. The molecule has 4 N–H and O–H groups in total. The summed E-state index contributed by atoms with van der Waals surface area (Å²) in [7, 11) is 0. The summed E-state index contributed by atoms with van der Waals surface area (Å²) >= 11 is 2.33. The Balaban J connectivity index is 1.75. The highest BCUT2D eigenvalue weighted by molar-refractivity contribution is 14.1. The van der Waals surface area contributed by atoms with Crippen LogP contribution in [0.15, 0.2) is 48.5 Å². The summed E-state index contributed by atoms with van der Waals surface area (Å²) < 4.78 is 1.21. The van der Waals surface area contributed by atoms with Crippen LogP contribution < -0.4 is 11.5 Å². The number of likely N-dealkylation sites (tertiary alicyclic amines) is 1. The van der Waals surface area contributed by atoms with Crippen molar-refractivity contribution in [3.8, 4) is 0 Å². The summed E-state index contributed by atoms with van der Waals surface area (Å²) in [4.78, 5) is 2.42. The lowest BCUT2D eigenvalue weighted by atomic mass is 9.93. The van der Waals surface area contributed by atoms with Gasteiger partial charge in [0.25, 0.3) is 0 Å². The zero-order chi connectivity index (χ0) is 14.8.